The van der Waals surface area contributed by atoms with E-state index in [0.29, 0.717) is 12.5 Å². The third kappa shape index (κ3) is 4.44. The average Bonchev–Trinajstić information content (AvgIpc) is 2.44. The first-order valence-corrected chi connectivity index (χ1v) is 8.55. The molecular weight excluding hydrogens is 290 g/mol. The number of nitrogens with zero attached hydrogens (tertiary/aromatic N) is 1. The van der Waals surface area contributed by atoms with Crippen molar-refractivity contribution in [3.05, 3.63) is 29.8 Å². The lowest BCUT2D eigenvalue weighted by atomic mass is 10.0. The van der Waals surface area contributed by atoms with E-state index < -0.39 is 10.0 Å². The number of rotatable bonds is 3. The second kappa shape index (κ2) is 6.44. The second-order valence-corrected chi connectivity index (χ2v) is 7.10. The van der Waals surface area contributed by atoms with Gasteiger partial charge in [0, 0.05) is 19.6 Å². The van der Waals surface area contributed by atoms with Gasteiger partial charge in [-0.05, 0) is 36.5 Å². The van der Waals surface area contributed by atoms with Crippen molar-refractivity contribution in [1.82, 2.24) is 10.2 Å². The third-order valence-electron chi connectivity index (χ3n) is 3.64. The Labute approximate surface area is 125 Å². The number of urea groups is 1. The molecule has 116 valence electrons. The molecule has 2 rings (SSSR count). The maximum Gasteiger partial charge on any atom is 0.317 e. The van der Waals surface area contributed by atoms with Gasteiger partial charge < -0.3 is 10.2 Å². The number of primary sulfonamides is 1. The number of hydrogen-bond acceptors (Lipinski definition) is 3. The predicted octanol–water partition coefficient (Wildman–Crippen LogP) is 1.28. The summed E-state index contributed by atoms with van der Waals surface area (Å²) in [5.41, 5.74) is 0.834. The number of nitrogens with two attached hydrogens (primary N) is 1. The van der Waals surface area contributed by atoms with Gasteiger partial charge in [0.05, 0.1) is 4.90 Å². The van der Waals surface area contributed by atoms with Gasteiger partial charge in [0.1, 0.15) is 0 Å². The van der Waals surface area contributed by atoms with E-state index in [1.54, 1.807) is 12.1 Å². The number of likely N-dealkylation sites (tertiary alicyclic amines) is 1. The van der Waals surface area contributed by atoms with Gasteiger partial charge in [0.2, 0.25) is 10.0 Å². The van der Waals surface area contributed by atoms with Crippen LogP contribution in [-0.4, -0.2) is 32.4 Å². The molecule has 0 saturated carbocycles. The van der Waals surface area contributed by atoms with E-state index in [9.17, 15) is 13.2 Å². The SMILES string of the molecule is CC1CCCN(C(=O)NCc2ccc(S(N)(=O)=O)cc2)C1. The van der Waals surface area contributed by atoms with Gasteiger partial charge in [-0.3, -0.25) is 0 Å². The Kier molecular flexibility index (Phi) is 4.84. The highest BCUT2D eigenvalue weighted by Crippen LogP contribution is 2.15. The first-order chi connectivity index (χ1) is 9.86. The highest BCUT2D eigenvalue weighted by Gasteiger charge is 2.20. The Morgan fingerprint density at radius 1 is 1.38 bits per heavy atom. The summed E-state index contributed by atoms with van der Waals surface area (Å²) in [6, 6.07) is 6.12. The Hall–Kier alpha value is -1.60. The number of sulfonamides is 1. The van der Waals surface area contributed by atoms with Gasteiger partial charge in [0.25, 0.3) is 0 Å². The summed E-state index contributed by atoms with van der Waals surface area (Å²) in [5.74, 6) is 0.540. The zero-order valence-electron chi connectivity index (χ0n) is 12.1. The topological polar surface area (TPSA) is 92.5 Å². The van der Waals surface area contributed by atoms with Gasteiger partial charge in [-0.1, -0.05) is 19.1 Å². The molecule has 1 atom stereocenters. The van der Waals surface area contributed by atoms with Crippen molar-refractivity contribution < 1.29 is 13.2 Å². The van der Waals surface area contributed by atoms with Crippen molar-refractivity contribution in [2.24, 2.45) is 11.1 Å². The van der Waals surface area contributed by atoms with E-state index in [2.05, 4.69) is 12.2 Å². The number of hydrogen-bond donors (Lipinski definition) is 2. The minimum absolute atomic E-state index is 0.0717. The summed E-state index contributed by atoms with van der Waals surface area (Å²) >= 11 is 0. The first kappa shape index (κ1) is 15.8. The molecule has 0 bridgehead atoms. The molecular formula is C14H21N3O3S. The Bertz CT molecular complexity index is 598. The van der Waals surface area contributed by atoms with Crippen LogP contribution in [0.5, 0.6) is 0 Å². The zero-order chi connectivity index (χ0) is 15.5. The van der Waals surface area contributed by atoms with Crippen LogP contribution >= 0.6 is 0 Å². The fourth-order valence-electron chi connectivity index (χ4n) is 2.46. The lowest BCUT2D eigenvalue weighted by Crippen LogP contribution is -2.44. The van der Waals surface area contributed by atoms with Crippen molar-refractivity contribution >= 4 is 16.1 Å². The molecule has 1 heterocycles. The smallest absolute Gasteiger partial charge is 0.317 e. The fraction of sp³-hybridized carbons (Fsp3) is 0.500. The molecule has 7 heteroatoms. The first-order valence-electron chi connectivity index (χ1n) is 7.01. The summed E-state index contributed by atoms with van der Waals surface area (Å²) in [5, 5.41) is 7.89. The van der Waals surface area contributed by atoms with Crippen molar-refractivity contribution in [2.45, 2.75) is 31.2 Å². The molecule has 1 saturated heterocycles. The van der Waals surface area contributed by atoms with E-state index in [4.69, 9.17) is 5.14 Å². The molecule has 6 nitrogen and oxygen atoms in total. The van der Waals surface area contributed by atoms with E-state index in [0.717, 1.165) is 25.1 Å². The van der Waals surface area contributed by atoms with E-state index in [1.807, 2.05) is 4.90 Å². The van der Waals surface area contributed by atoms with Crippen molar-refractivity contribution in [3.8, 4) is 0 Å². The second-order valence-electron chi connectivity index (χ2n) is 5.54. The number of carbonyl (C=O) groups excluding carboxylic acids is 1. The molecule has 1 aliphatic heterocycles. The molecule has 1 aromatic rings. The predicted molar refractivity (Wildman–Crippen MR) is 80.0 cm³/mol. The molecule has 0 radical (unpaired) electrons. The highest BCUT2D eigenvalue weighted by atomic mass is 32.2. The van der Waals surface area contributed by atoms with Gasteiger partial charge >= 0.3 is 6.03 Å². The van der Waals surface area contributed by atoms with Crippen molar-refractivity contribution in [3.63, 3.8) is 0 Å². The van der Waals surface area contributed by atoms with Crippen molar-refractivity contribution in [2.75, 3.05) is 13.1 Å². The zero-order valence-corrected chi connectivity index (χ0v) is 12.9. The van der Waals surface area contributed by atoms with Gasteiger partial charge in [-0.2, -0.15) is 0 Å². The Morgan fingerprint density at radius 3 is 2.62 bits per heavy atom. The molecule has 1 aromatic carbocycles. The minimum atomic E-state index is -3.67. The third-order valence-corrected chi connectivity index (χ3v) is 4.57. The molecule has 0 aromatic heterocycles. The fourth-order valence-corrected chi connectivity index (χ4v) is 2.98. The summed E-state index contributed by atoms with van der Waals surface area (Å²) in [6.45, 7) is 4.09. The molecule has 1 fully saturated rings. The van der Waals surface area contributed by atoms with E-state index in [-0.39, 0.29) is 10.9 Å². The number of carbonyl (C=O) groups is 1. The maximum absolute atomic E-state index is 12.0. The van der Waals surface area contributed by atoms with Crippen LogP contribution in [0.1, 0.15) is 25.3 Å². The van der Waals surface area contributed by atoms with Crippen LogP contribution in [0.15, 0.2) is 29.2 Å². The number of benzene rings is 1. The lowest BCUT2D eigenvalue weighted by Gasteiger charge is -2.30. The van der Waals surface area contributed by atoms with Gasteiger partial charge in [0.15, 0.2) is 0 Å². The van der Waals surface area contributed by atoms with Gasteiger partial charge in [-0.15, -0.1) is 0 Å². The summed E-state index contributed by atoms with van der Waals surface area (Å²) in [4.78, 5) is 13.9. The molecule has 21 heavy (non-hydrogen) atoms. The monoisotopic (exact) mass is 311 g/mol. The Balaban J connectivity index is 1.89. The van der Waals surface area contributed by atoms with Crippen LogP contribution in [0.2, 0.25) is 0 Å². The minimum Gasteiger partial charge on any atom is -0.334 e. The largest absolute Gasteiger partial charge is 0.334 e. The molecule has 3 N–H and O–H groups in total. The van der Waals surface area contributed by atoms with Crippen LogP contribution in [0.25, 0.3) is 0 Å². The Morgan fingerprint density at radius 2 is 2.05 bits per heavy atom. The van der Waals surface area contributed by atoms with Crippen LogP contribution in [0.3, 0.4) is 0 Å². The van der Waals surface area contributed by atoms with Gasteiger partial charge in [-0.25, -0.2) is 18.4 Å². The molecule has 0 aliphatic carbocycles. The van der Waals surface area contributed by atoms with Crippen LogP contribution in [0, 0.1) is 5.92 Å². The number of nitrogens with one attached hydrogen (secondary N) is 1. The van der Waals surface area contributed by atoms with E-state index in [1.165, 1.54) is 18.6 Å². The normalized spacial score (nSPS) is 19.3. The summed E-state index contributed by atoms with van der Waals surface area (Å²) < 4.78 is 22.3. The molecule has 1 unspecified atom stereocenters. The summed E-state index contributed by atoms with van der Waals surface area (Å²) in [6.07, 6.45) is 2.20. The number of piperidine rings is 1. The molecule has 2 amide bonds. The van der Waals surface area contributed by atoms with Crippen LogP contribution in [0.4, 0.5) is 4.79 Å². The highest BCUT2D eigenvalue weighted by molar-refractivity contribution is 7.89. The van der Waals surface area contributed by atoms with Crippen LogP contribution < -0.4 is 10.5 Å². The number of amides is 2. The summed E-state index contributed by atoms with van der Waals surface area (Å²) in [7, 11) is -3.67. The van der Waals surface area contributed by atoms with Crippen molar-refractivity contribution in [1.29, 1.82) is 0 Å². The molecule has 1 aliphatic rings. The van der Waals surface area contributed by atoms with Crippen LogP contribution in [-0.2, 0) is 16.6 Å². The quantitative estimate of drug-likeness (QED) is 0.880. The standard InChI is InChI=1S/C14H21N3O3S/c1-11-3-2-8-17(10-11)14(18)16-9-12-4-6-13(7-5-12)21(15,19)20/h4-7,11H,2-3,8-10H2,1H3,(H,16,18)(H2,15,19,20). The van der Waals surface area contributed by atoms with E-state index >= 15 is 0 Å². The lowest BCUT2D eigenvalue weighted by molar-refractivity contribution is 0.169. The average molecular weight is 311 g/mol. The maximum atomic E-state index is 12.0. The molecule has 0 spiro atoms.